The van der Waals surface area contributed by atoms with Gasteiger partial charge in [-0.1, -0.05) is 6.92 Å². The van der Waals surface area contributed by atoms with Crippen LogP contribution in [0, 0.1) is 0 Å². The lowest BCUT2D eigenvalue weighted by Gasteiger charge is -2.21. The van der Waals surface area contributed by atoms with E-state index < -0.39 is 38.5 Å². The molecule has 0 bridgehead atoms. The van der Waals surface area contributed by atoms with Crippen molar-refractivity contribution in [3.8, 4) is 0 Å². The average molecular weight is 409 g/mol. The van der Waals surface area contributed by atoms with Gasteiger partial charge in [-0.2, -0.15) is 17.5 Å². The molecule has 1 aromatic rings. The van der Waals surface area contributed by atoms with Crippen LogP contribution in [0.5, 0.6) is 0 Å². The van der Waals surface area contributed by atoms with Gasteiger partial charge in [0.15, 0.2) is 0 Å². The summed E-state index contributed by atoms with van der Waals surface area (Å²) in [6.07, 6.45) is -4.66. The van der Waals surface area contributed by atoms with Crippen LogP contribution >= 0.6 is 0 Å². The van der Waals surface area contributed by atoms with Gasteiger partial charge in [0, 0.05) is 20.0 Å². The molecule has 1 saturated heterocycles. The standard InChI is InChI=1S/C17H22F3NO5S/c1-3-11(4-5-16(22)23)12-6-13(17(18,19)20)8-15(7-12)27(24,25)21(2)9-14-10-26-14/h6-8,11,14H,3-5,9-10H2,1-2H3,(H,22,23)/t11-,14?/m0/s1. The van der Waals surface area contributed by atoms with E-state index in [1.807, 2.05) is 0 Å². The number of hydrogen-bond donors (Lipinski definition) is 1. The highest BCUT2D eigenvalue weighted by Crippen LogP contribution is 2.36. The van der Waals surface area contributed by atoms with Gasteiger partial charge in [0.1, 0.15) is 0 Å². The highest BCUT2D eigenvalue weighted by atomic mass is 32.2. The summed E-state index contributed by atoms with van der Waals surface area (Å²) in [7, 11) is -2.84. The second-order valence-corrected chi connectivity index (χ2v) is 8.61. The lowest BCUT2D eigenvalue weighted by Crippen LogP contribution is -2.31. The largest absolute Gasteiger partial charge is 0.481 e. The first-order valence-electron chi connectivity index (χ1n) is 8.47. The molecule has 0 aromatic heterocycles. The molecular weight excluding hydrogens is 387 g/mol. The normalized spacial score (nSPS) is 18.5. The molecule has 0 aliphatic carbocycles. The van der Waals surface area contributed by atoms with Gasteiger partial charge >= 0.3 is 12.1 Å². The topological polar surface area (TPSA) is 87.2 Å². The van der Waals surface area contributed by atoms with E-state index in [2.05, 4.69) is 0 Å². The van der Waals surface area contributed by atoms with Gasteiger partial charge in [0.2, 0.25) is 10.0 Å². The van der Waals surface area contributed by atoms with Crippen molar-refractivity contribution in [2.24, 2.45) is 0 Å². The second-order valence-electron chi connectivity index (χ2n) is 6.57. The third-order valence-electron chi connectivity index (χ3n) is 4.50. The van der Waals surface area contributed by atoms with Crippen LogP contribution in [-0.4, -0.2) is 50.1 Å². The number of aliphatic carboxylic acids is 1. The molecule has 2 atom stereocenters. The van der Waals surface area contributed by atoms with Gasteiger partial charge in [-0.25, -0.2) is 8.42 Å². The minimum Gasteiger partial charge on any atom is -0.481 e. The highest BCUT2D eigenvalue weighted by molar-refractivity contribution is 7.89. The fourth-order valence-electron chi connectivity index (χ4n) is 2.81. The maximum atomic E-state index is 13.3. The monoisotopic (exact) mass is 409 g/mol. The molecule has 0 saturated carbocycles. The Kier molecular flexibility index (Phi) is 6.54. The number of halogens is 3. The third-order valence-corrected chi connectivity index (χ3v) is 6.30. The van der Waals surface area contributed by atoms with Gasteiger partial charge in [-0.05, 0) is 42.5 Å². The number of ether oxygens (including phenoxy) is 1. The molecule has 6 nitrogen and oxygen atoms in total. The number of rotatable bonds is 9. The maximum absolute atomic E-state index is 13.3. The number of nitrogens with zero attached hydrogens (tertiary/aromatic N) is 1. The summed E-state index contributed by atoms with van der Waals surface area (Å²) < 4.78 is 71.3. The van der Waals surface area contributed by atoms with Crippen LogP contribution in [0.3, 0.4) is 0 Å². The van der Waals surface area contributed by atoms with Crippen molar-refractivity contribution in [1.29, 1.82) is 0 Å². The van der Waals surface area contributed by atoms with Gasteiger partial charge in [0.25, 0.3) is 0 Å². The van der Waals surface area contributed by atoms with Crippen LogP contribution in [0.4, 0.5) is 13.2 Å². The summed E-state index contributed by atoms with van der Waals surface area (Å²) in [5.41, 5.74) is -0.897. The van der Waals surface area contributed by atoms with E-state index in [9.17, 15) is 26.4 Å². The van der Waals surface area contributed by atoms with Crippen LogP contribution in [0.2, 0.25) is 0 Å². The van der Waals surface area contributed by atoms with Crippen molar-refractivity contribution in [3.63, 3.8) is 0 Å². The quantitative estimate of drug-likeness (QED) is 0.634. The minimum absolute atomic E-state index is 0.0597. The maximum Gasteiger partial charge on any atom is 0.416 e. The van der Waals surface area contributed by atoms with E-state index in [4.69, 9.17) is 9.84 Å². The molecular formula is C17H22F3NO5S. The van der Waals surface area contributed by atoms with Crippen LogP contribution in [0.15, 0.2) is 23.1 Å². The number of hydrogen-bond acceptors (Lipinski definition) is 4. The van der Waals surface area contributed by atoms with Crippen LogP contribution in [0.1, 0.15) is 43.2 Å². The zero-order valence-electron chi connectivity index (χ0n) is 15.0. The fraction of sp³-hybridized carbons (Fsp3) is 0.588. The van der Waals surface area contributed by atoms with E-state index >= 15 is 0 Å². The average Bonchev–Trinajstić information content (AvgIpc) is 3.38. The molecule has 0 radical (unpaired) electrons. The number of carboxylic acids is 1. The van der Waals surface area contributed by atoms with Gasteiger partial charge < -0.3 is 9.84 Å². The Hall–Kier alpha value is -1.65. The molecule has 1 fully saturated rings. The third kappa shape index (κ3) is 5.66. The predicted octanol–water partition coefficient (Wildman–Crippen LogP) is 3.08. The van der Waals surface area contributed by atoms with Crippen molar-refractivity contribution >= 4 is 16.0 Å². The highest BCUT2D eigenvalue weighted by Gasteiger charge is 2.35. The Balaban J connectivity index is 2.45. The first-order chi connectivity index (χ1) is 12.4. The zero-order chi connectivity index (χ0) is 20.4. The van der Waals surface area contributed by atoms with E-state index in [1.165, 1.54) is 13.1 Å². The number of benzene rings is 1. The molecule has 0 spiro atoms. The zero-order valence-corrected chi connectivity index (χ0v) is 15.8. The van der Waals surface area contributed by atoms with E-state index in [1.54, 1.807) is 6.92 Å². The lowest BCUT2D eigenvalue weighted by molar-refractivity contribution is -0.138. The Morgan fingerprint density at radius 1 is 1.37 bits per heavy atom. The van der Waals surface area contributed by atoms with E-state index in [-0.39, 0.29) is 31.1 Å². The van der Waals surface area contributed by atoms with Gasteiger partial charge in [-0.15, -0.1) is 0 Å². The number of likely N-dealkylation sites (N-methyl/N-ethyl adjacent to an activating group) is 1. The molecule has 10 heteroatoms. The number of epoxide rings is 1. The smallest absolute Gasteiger partial charge is 0.416 e. The molecule has 1 aliphatic heterocycles. The van der Waals surface area contributed by atoms with Gasteiger partial charge in [-0.3, -0.25) is 4.79 Å². The molecule has 1 aromatic carbocycles. The molecule has 152 valence electrons. The summed E-state index contributed by atoms with van der Waals surface area (Å²) in [5.74, 6) is -1.55. The van der Waals surface area contributed by atoms with Crippen molar-refractivity contribution in [2.75, 3.05) is 20.2 Å². The van der Waals surface area contributed by atoms with Crippen molar-refractivity contribution in [3.05, 3.63) is 29.3 Å². The van der Waals surface area contributed by atoms with Crippen molar-refractivity contribution in [1.82, 2.24) is 4.31 Å². The van der Waals surface area contributed by atoms with E-state index in [0.29, 0.717) is 19.1 Å². The molecule has 1 unspecified atom stereocenters. The fourth-order valence-corrected chi connectivity index (χ4v) is 4.10. The van der Waals surface area contributed by atoms with Crippen LogP contribution in [0.25, 0.3) is 0 Å². The van der Waals surface area contributed by atoms with Crippen LogP contribution < -0.4 is 0 Å². The molecule has 0 amide bonds. The summed E-state index contributed by atoms with van der Waals surface area (Å²) in [6.45, 7) is 2.20. The Bertz CT molecular complexity index is 790. The van der Waals surface area contributed by atoms with Crippen LogP contribution in [-0.2, 0) is 25.7 Å². The number of carboxylic acid groups (broad SMARTS) is 1. The molecule has 2 rings (SSSR count). The molecule has 1 heterocycles. The summed E-state index contributed by atoms with van der Waals surface area (Å²) in [4.78, 5) is 10.4. The SMILES string of the molecule is CC[C@@H](CCC(=O)O)c1cc(C(F)(F)F)cc(S(=O)(=O)N(C)CC2CO2)c1. The Morgan fingerprint density at radius 2 is 2.00 bits per heavy atom. The summed E-state index contributed by atoms with van der Waals surface area (Å²) in [6, 6.07) is 2.73. The molecule has 1 N–H and O–H groups in total. The lowest BCUT2D eigenvalue weighted by atomic mass is 9.90. The summed E-state index contributed by atoms with van der Waals surface area (Å²) in [5, 5.41) is 8.84. The molecule has 27 heavy (non-hydrogen) atoms. The Morgan fingerprint density at radius 3 is 2.48 bits per heavy atom. The number of alkyl halides is 3. The van der Waals surface area contributed by atoms with E-state index in [0.717, 1.165) is 10.4 Å². The number of carbonyl (C=O) groups is 1. The minimum atomic E-state index is -4.72. The molecule has 1 aliphatic rings. The van der Waals surface area contributed by atoms with Crippen molar-refractivity contribution in [2.45, 2.75) is 49.3 Å². The summed E-state index contributed by atoms with van der Waals surface area (Å²) >= 11 is 0. The predicted molar refractivity (Wildman–Crippen MR) is 90.9 cm³/mol. The first-order valence-corrected chi connectivity index (χ1v) is 9.91. The number of sulfonamides is 1. The van der Waals surface area contributed by atoms with Gasteiger partial charge in [0.05, 0.1) is 23.2 Å². The first kappa shape index (κ1) is 21.6. The van der Waals surface area contributed by atoms with Crippen molar-refractivity contribution < 1.29 is 36.2 Å². The second kappa shape index (κ2) is 8.15. The Labute approximate surface area is 156 Å².